The number of carbonyl (C=O) groups excluding carboxylic acids is 2. The number of aryl methyl sites for hydroxylation is 1. The summed E-state index contributed by atoms with van der Waals surface area (Å²) < 4.78 is 36.3. The Morgan fingerprint density at radius 1 is 1.17 bits per heavy atom. The monoisotopic (exact) mass is 484 g/mol. The number of hydrogen-bond acceptors (Lipinski definition) is 9. The van der Waals surface area contributed by atoms with Crippen molar-refractivity contribution in [2.75, 3.05) is 20.8 Å². The van der Waals surface area contributed by atoms with Gasteiger partial charge in [0.25, 0.3) is 11.8 Å². The second kappa shape index (κ2) is 10.1. The molecule has 11 heteroatoms. The van der Waals surface area contributed by atoms with Gasteiger partial charge in [0.2, 0.25) is 5.88 Å². The first-order chi connectivity index (χ1) is 16.8. The van der Waals surface area contributed by atoms with Crippen molar-refractivity contribution in [1.29, 1.82) is 0 Å². The number of methoxy groups -OCH3 is 2. The molecule has 1 aliphatic heterocycles. The van der Waals surface area contributed by atoms with Crippen LogP contribution in [0.4, 0.5) is 4.39 Å². The van der Waals surface area contributed by atoms with E-state index in [1.54, 1.807) is 13.0 Å². The molecule has 184 valence electrons. The highest BCUT2D eigenvalue weighted by atomic mass is 19.1. The van der Waals surface area contributed by atoms with E-state index in [2.05, 4.69) is 15.1 Å². The number of nitrogens with zero attached hydrogens (tertiary/aromatic N) is 4. The molecular weight excluding hydrogens is 459 g/mol. The number of amides is 1. The SMILES string of the molecule is COC(=O)c1c(OC)ccnc1O[C@@H]1CC[C@@H](C)N(C(=O)c2c(F)cccc2-c2nc(C)no2)C1. The van der Waals surface area contributed by atoms with Gasteiger partial charge in [-0.2, -0.15) is 4.98 Å². The Kier molecular flexibility index (Phi) is 6.94. The van der Waals surface area contributed by atoms with Crippen molar-refractivity contribution in [3.63, 3.8) is 0 Å². The van der Waals surface area contributed by atoms with Crippen molar-refractivity contribution in [2.24, 2.45) is 0 Å². The first-order valence-electron chi connectivity index (χ1n) is 11.0. The molecule has 10 nitrogen and oxygen atoms in total. The number of hydrogen-bond donors (Lipinski definition) is 0. The van der Waals surface area contributed by atoms with Crippen molar-refractivity contribution in [2.45, 2.75) is 38.8 Å². The van der Waals surface area contributed by atoms with E-state index in [-0.39, 0.29) is 46.8 Å². The fourth-order valence-corrected chi connectivity index (χ4v) is 4.06. The molecule has 0 radical (unpaired) electrons. The van der Waals surface area contributed by atoms with Crippen LogP contribution < -0.4 is 9.47 Å². The number of likely N-dealkylation sites (tertiary alicyclic amines) is 1. The Balaban J connectivity index is 1.62. The average Bonchev–Trinajstić information content (AvgIpc) is 3.30. The van der Waals surface area contributed by atoms with Gasteiger partial charge in [-0.25, -0.2) is 14.2 Å². The molecule has 2 aromatic heterocycles. The lowest BCUT2D eigenvalue weighted by molar-refractivity contribution is 0.0354. The summed E-state index contributed by atoms with van der Waals surface area (Å²) in [6.07, 6.45) is 2.14. The minimum atomic E-state index is -0.693. The Morgan fingerprint density at radius 3 is 2.66 bits per heavy atom. The molecular formula is C24H25FN4O6. The van der Waals surface area contributed by atoms with Gasteiger partial charge >= 0.3 is 5.97 Å². The molecule has 0 aliphatic carbocycles. The molecule has 1 aromatic carbocycles. The van der Waals surface area contributed by atoms with Crippen LogP contribution in [0.2, 0.25) is 0 Å². The molecule has 1 saturated heterocycles. The van der Waals surface area contributed by atoms with Crippen molar-refractivity contribution in [3.05, 3.63) is 53.2 Å². The van der Waals surface area contributed by atoms with Gasteiger partial charge in [0.05, 0.1) is 31.9 Å². The van der Waals surface area contributed by atoms with E-state index in [0.717, 1.165) is 0 Å². The quantitative estimate of drug-likeness (QED) is 0.485. The zero-order valence-corrected chi connectivity index (χ0v) is 19.8. The number of carbonyl (C=O) groups is 2. The maximum absolute atomic E-state index is 14.9. The normalized spacial score (nSPS) is 17.7. The van der Waals surface area contributed by atoms with Gasteiger partial charge in [-0.05, 0) is 44.9 Å². The number of rotatable bonds is 6. The van der Waals surface area contributed by atoms with Crippen LogP contribution in [-0.2, 0) is 4.74 Å². The van der Waals surface area contributed by atoms with Crippen LogP contribution in [0, 0.1) is 12.7 Å². The molecule has 1 amide bonds. The Bertz CT molecular complexity index is 1250. The van der Waals surface area contributed by atoms with E-state index in [4.69, 9.17) is 18.7 Å². The van der Waals surface area contributed by atoms with Gasteiger partial charge in [-0.3, -0.25) is 4.79 Å². The van der Waals surface area contributed by atoms with Crippen LogP contribution in [0.15, 0.2) is 35.0 Å². The molecule has 0 unspecified atom stereocenters. The van der Waals surface area contributed by atoms with Gasteiger partial charge in [-0.1, -0.05) is 11.2 Å². The Hall–Kier alpha value is -4.02. The molecule has 1 fully saturated rings. The number of benzene rings is 1. The number of ether oxygens (including phenoxy) is 3. The third kappa shape index (κ3) is 4.79. The number of esters is 1. The van der Waals surface area contributed by atoms with E-state index < -0.39 is 23.8 Å². The molecule has 0 spiro atoms. The average molecular weight is 484 g/mol. The highest BCUT2D eigenvalue weighted by Crippen LogP contribution is 2.32. The third-order valence-electron chi connectivity index (χ3n) is 5.85. The van der Waals surface area contributed by atoms with E-state index in [9.17, 15) is 14.0 Å². The topological polar surface area (TPSA) is 117 Å². The molecule has 0 saturated carbocycles. The van der Waals surface area contributed by atoms with E-state index in [1.165, 1.54) is 43.5 Å². The van der Waals surface area contributed by atoms with Gasteiger partial charge in [-0.15, -0.1) is 0 Å². The number of aromatic nitrogens is 3. The lowest BCUT2D eigenvalue weighted by Gasteiger charge is -2.38. The summed E-state index contributed by atoms with van der Waals surface area (Å²) in [6.45, 7) is 3.67. The predicted octanol–water partition coefficient (Wildman–Crippen LogP) is 3.45. The van der Waals surface area contributed by atoms with Crippen LogP contribution >= 0.6 is 0 Å². The summed E-state index contributed by atoms with van der Waals surface area (Å²) in [5, 5.41) is 3.74. The summed E-state index contributed by atoms with van der Waals surface area (Å²) in [7, 11) is 2.67. The molecule has 3 heterocycles. The lowest BCUT2D eigenvalue weighted by Crippen LogP contribution is -2.49. The highest BCUT2D eigenvalue weighted by molar-refractivity contribution is 6.00. The third-order valence-corrected chi connectivity index (χ3v) is 5.85. The van der Waals surface area contributed by atoms with Gasteiger partial charge < -0.3 is 23.6 Å². The van der Waals surface area contributed by atoms with Crippen LogP contribution in [0.5, 0.6) is 11.6 Å². The molecule has 3 aromatic rings. The van der Waals surface area contributed by atoms with Crippen molar-refractivity contribution in [3.8, 4) is 23.1 Å². The minimum absolute atomic E-state index is 0.0380. The van der Waals surface area contributed by atoms with E-state index in [1.807, 2.05) is 6.92 Å². The molecule has 0 N–H and O–H groups in total. The number of pyridine rings is 1. The van der Waals surface area contributed by atoms with Gasteiger partial charge in [0, 0.05) is 12.2 Å². The highest BCUT2D eigenvalue weighted by Gasteiger charge is 2.35. The van der Waals surface area contributed by atoms with Crippen LogP contribution in [0.25, 0.3) is 11.5 Å². The maximum Gasteiger partial charge on any atom is 0.347 e. The summed E-state index contributed by atoms with van der Waals surface area (Å²) in [4.78, 5) is 35.8. The zero-order chi connectivity index (χ0) is 25.1. The summed E-state index contributed by atoms with van der Waals surface area (Å²) in [6, 6.07) is 5.60. The number of piperidine rings is 1. The summed E-state index contributed by atoms with van der Waals surface area (Å²) in [5.41, 5.74) is 0.115. The lowest BCUT2D eigenvalue weighted by atomic mass is 9.98. The summed E-state index contributed by atoms with van der Waals surface area (Å²) >= 11 is 0. The molecule has 2 atom stereocenters. The first kappa shape index (κ1) is 24.1. The largest absolute Gasteiger partial charge is 0.496 e. The van der Waals surface area contributed by atoms with Crippen LogP contribution in [0.1, 0.15) is 46.3 Å². The standard InChI is InChI=1S/C24H25FN4O6/c1-13-8-9-15(34-22-20(24(31)33-4)18(32-3)10-11-26-22)12-29(13)23(30)19-16(6-5-7-17(19)25)21-27-14(2)28-35-21/h5-7,10-11,13,15H,8-9,12H2,1-4H3/t13-,15-/m1/s1. The number of halogens is 1. The zero-order valence-electron chi connectivity index (χ0n) is 19.8. The molecule has 4 rings (SSSR count). The molecule has 0 bridgehead atoms. The van der Waals surface area contributed by atoms with E-state index in [0.29, 0.717) is 18.7 Å². The molecule has 1 aliphatic rings. The fraction of sp³-hybridized carbons (Fsp3) is 0.375. The van der Waals surface area contributed by atoms with Gasteiger partial charge in [0.1, 0.15) is 17.7 Å². The second-order valence-corrected chi connectivity index (χ2v) is 8.12. The smallest absolute Gasteiger partial charge is 0.347 e. The fourth-order valence-electron chi connectivity index (χ4n) is 4.06. The minimum Gasteiger partial charge on any atom is -0.496 e. The predicted molar refractivity (Wildman–Crippen MR) is 121 cm³/mol. The van der Waals surface area contributed by atoms with E-state index >= 15 is 0 Å². The van der Waals surface area contributed by atoms with Crippen LogP contribution in [-0.4, -0.2) is 64.8 Å². The van der Waals surface area contributed by atoms with Crippen molar-refractivity contribution < 1.29 is 32.7 Å². The first-order valence-corrected chi connectivity index (χ1v) is 11.0. The van der Waals surface area contributed by atoms with Crippen molar-refractivity contribution >= 4 is 11.9 Å². The summed E-state index contributed by atoms with van der Waals surface area (Å²) in [5.74, 6) is -1.16. The Labute approximate surface area is 201 Å². The van der Waals surface area contributed by atoms with Crippen LogP contribution in [0.3, 0.4) is 0 Å². The van der Waals surface area contributed by atoms with Gasteiger partial charge in [0.15, 0.2) is 11.4 Å². The second-order valence-electron chi connectivity index (χ2n) is 8.12. The Morgan fingerprint density at radius 2 is 1.97 bits per heavy atom. The van der Waals surface area contributed by atoms with Crippen molar-refractivity contribution in [1.82, 2.24) is 20.0 Å². The molecule has 35 heavy (non-hydrogen) atoms. The maximum atomic E-state index is 14.9.